The number of para-hydroxylation sites is 1. The Morgan fingerprint density at radius 1 is 1.22 bits per heavy atom. The molecule has 1 aromatic heterocycles. The zero-order valence-electron chi connectivity index (χ0n) is 10.6. The Balaban J connectivity index is 1.53. The summed E-state index contributed by atoms with van der Waals surface area (Å²) < 4.78 is 5.53. The Morgan fingerprint density at radius 2 is 2.17 bits per heavy atom. The second-order valence-corrected chi connectivity index (χ2v) is 4.94. The minimum atomic E-state index is 0.893. The summed E-state index contributed by atoms with van der Waals surface area (Å²) in [6.45, 7) is 1.95. The number of fused-ring (bicyclic) bond motifs is 1. The third kappa shape index (κ3) is 2.49. The molecule has 0 radical (unpaired) electrons. The third-order valence-electron chi connectivity index (χ3n) is 3.63. The van der Waals surface area contributed by atoms with Crippen molar-refractivity contribution in [1.82, 2.24) is 5.32 Å². The maximum absolute atomic E-state index is 5.53. The van der Waals surface area contributed by atoms with Gasteiger partial charge >= 0.3 is 0 Å². The van der Waals surface area contributed by atoms with E-state index in [-0.39, 0.29) is 0 Å². The van der Waals surface area contributed by atoms with E-state index in [2.05, 4.69) is 23.5 Å². The van der Waals surface area contributed by atoms with Gasteiger partial charge in [-0.05, 0) is 38.3 Å². The van der Waals surface area contributed by atoms with E-state index in [1.165, 1.54) is 36.6 Å². The Hall–Kier alpha value is -1.54. The average molecular weight is 241 g/mol. The van der Waals surface area contributed by atoms with Gasteiger partial charge in [0.25, 0.3) is 0 Å². The predicted octanol–water partition coefficient (Wildman–Crippen LogP) is 4.02. The second-order valence-electron chi connectivity index (χ2n) is 4.94. The summed E-state index contributed by atoms with van der Waals surface area (Å²) in [5, 5.41) is 4.73. The Morgan fingerprint density at radius 3 is 3.06 bits per heavy atom. The fourth-order valence-electron chi connectivity index (χ4n) is 2.61. The molecule has 2 nitrogen and oxygen atoms in total. The normalized spacial score (nSPS) is 15.2. The minimum Gasteiger partial charge on any atom is -0.464 e. The zero-order valence-corrected chi connectivity index (χ0v) is 10.6. The molecule has 1 N–H and O–H groups in total. The molecule has 2 aromatic rings. The lowest BCUT2D eigenvalue weighted by atomic mass is 10.1. The molecule has 0 unspecified atom stereocenters. The largest absolute Gasteiger partial charge is 0.464 e. The van der Waals surface area contributed by atoms with Crippen molar-refractivity contribution < 1.29 is 4.42 Å². The molecule has 0 atom stereocenters. The van der Waals surface area contributed by atoms with Gasteiger partial charge in [0.05, 0.1) is 6.26 Å². The number of nitrogens with one attached hydrogen (secondary N) is 1. The molecule has 2 heteroatoms. The lowest BCUT2D eigenvalue weighted by Gasteiger charge is -2.04. The first-order chi connectivity index (χ1) is 8.93. The maximum atomic E-state index is 5.53. The number of benzene rings is 1. The van der Waals surface area contributed by atoms with Crippen molar-refractivity contribution in [3.8, 4) is 0 Å². The lowest BCUT2D eigenvalue weighted by molar-refractivity contribution is 0.601. The van der Waals surface area contributed by atoms with Gasteiger partial charge in [-0.2, -0.15) is 0 Å². The van der Waals surface area contributed by atoms with Crippen LogP contribution in [0.3, 0.4) is 0 Å². The summed E-state index contributed by atoms with van der Waals surface area (Å²) in [5.41, 5.74) is 3.86. The fourth-order valence-corrected chi connectivity index (χ4v) is 2.61. The van der Waals surface area contributed by atoms with Crippen LogP contribution < -0.4 is 5.32 Å². The summed E-state index contributed by atoms with van der Waals surface area (Å²) in [4.78, 5) is 0. The smallest absolute Gasteiger partial charge is 0.134 e. The van der Waals surface area contributed by atoms with Crippen LogP contribution in [0.5, 0.6) is 0 Å². The highest BCUT2D eigenvalue weighted by Gasteiger charge is 2.06. The molecule has 0 bridgehead atoms. The van der Waals surface area contributed by atoms with Gasteiger partial charge in [0.15, 0.2) is 0 Å². The van der Waals surface area contributed by atoms with E-state index in [4.69, 9.17) is 4.42 Å². The van der Waals surface area contributed by atoms with Gasteiger partial charge in [-0.3, -0.25) is 0 Å². The van der Waals surface area contributed by atoms with Crippen molar-refractivity contribution in [2.75, 3.05) is 6.54 Å². The van der Waals surface area contributed by atoms with Gasteiger partial charge in [-0.25, -0.2) is 0 Å². The molecule has 1 heterocycles. The number of allylic oxidation sites excluding steroid dienone is 1. The Labute approximate surface area is 108 Å². The molecule has 0 aliphatic heterocycles. The van der Waals surface area contributed by atoms with Crippen molar-refractivity contribution in [1.29, 1.82) is 0 Å². The maximum Gasteiger partial charge on any atom is 0.134 e. The van der Waals surface area contributed by atoms with Crippen LogP contribution in [0.2, 0.25) is 0 Å². The Kier molecular flexibility index (Phi) is 3.47. The number of hydrogen-bond donors (Lipinski definition) is 1. The van der Waals surface area contributed by atoms with E-state index in [9.17, 15) is 0 Å². The fraction of sp³-hybridized carbons (Fsp3) is 0.375. The molecular formula is C16H19NO. The lowest BCUT2D eigenvalue weighted by Crippen LogP contribution is -2.14. The molecule has 18 heavy (non-hydrogen) atoms. The molecule has 1 aliphatic rings. The first-order valence-corrected chi connectivity index (χ1v) is 6.77. The van der Waals surface area contributed by atoms with Gasteiger partial charge in [0.2, 0.25) is 0 Å². The minimum absolute atomic E-state index is 0.893. The average Bonchev–Trinajstić information content (AvgIpc) is 3.04. The van der Waals surface area contributed by atoms with Crippen LogP contribution in [0.4, 0.5) is 0 Å². The van der Waals surface area contributed by atoms with Crippen molar-refractivity contribution in [2.24, 2.45) is 0 Å². The van der Waals surface area contributed by atoms with E-state index < -0.39 is 0 Å². The highest BCUT2D eigenvalue weighted by atomic mass is 16.3. The monoisotopic (exact) mass is 241 g/mol. The van der Waals surface area contributed by atoms with Gasteiger partial charge in [0, 0.05) is 17.5 Å². The van der Waals surface area contributed by atoms with E-state index >= 15 is 0 Å². The molecule has 1 aliphatic carbocycles. The van der Waals surface area contributed by atoms with Crippen LogP contribution in [0.1, 0.15) is 31.2 Å². The van der Waals surface area contributed by atoms with Gasteiger partial charge in [-0.1, -0.05) is 29.8 Å². The summed E-state index contributed by atoms with van der Waals surface area (Å²) in [5.74, 6) is 0. The van der Waals surface area contributed by atoms with E-state index in [0.29, 0.717) is 0 Å². The van der Waals surface area contributed by atoms with Crippen molar-refractivity contribution in [3.63, 3.8) is 0 Å². The summed E-state index contributed by atoms with van der Waals surface area (Å²) >= 11 is 0. The molecule has 94 valence electrons. The molecule has 0 spiro atoms. The molecule has 0 saturated carbocycles. The summed E-state index contributed by atoms with van der Waals surface area (Å²) in [6, 6.07) is 8.21. The first kappa shape index (κ1) is 11.5. The number of furan rings is 1. The van der Waals surface area contributed by atoms with E-state index in [1.54, 1.807) is 5.57 Å². The first-order valence-electron chi connectivity index (χ1n) is 6.77. The van der Waals surface area contributed by atoms with Crippen LogP contribution in [0.15, 0.2) is 46.6 Å². The van der Waals surface area contributed by atoms with Crippen LogP contribution >= 0.6 is 0 Å². The van der Waals surface area contributed by atoms with Crippen LogP contribution in [-0.2, 0) is 6.54 Å². The van der Waals surface area contributed by atoms with Crippen LogP contribution in [0.25, 0.3) is 11.0 Å². The molecule has 3 rings (SSSR count). The number of hydrogen-bond acceptors (Lipinski definition) is 2. The van der Waals surface area contributed by atoms with Gasteiger partial charge < -0.3 is 9.73 Å². The summed E-state index contributed by atoms with van der Waals surface area (Å²) in [6.07, 6.45) is 9.39. The molecule has 0 fully saturated rings. The summed E-state index contributed by atoms with van der Waals surface area (Å²) in [7, 11) is 0. The predicted molar refractivity (Wildman–Crippen MR) is 74.5 cm³/mol. The van der Waals surface area contributed by atoms with Crippen molar-refractivity contribution >= 4 is 11.0 Å². The van der Waals surface area contributed by atoms with E-state index in [1.807, 2.05) is 18.4 Å². The van der Waals surface area contributed by atoms with Crippen molar-refractivity contribution in [2.45, 2.75) is 32.2 Å². The molecule has 1 aromatic carbocycles. The van der Waals surface area contributed by atoms with E-state index in [0.717, 1.165) is 18.7 Å². The highest BCUT2D eigenvalue weighted by molar-refractivity contribution is 5.80. The molecule has 0 saturated heterocycles. The standard InChI is InChI=1S/C16H19NO/c1-2-6-13(5-1)9-10-17-11-14-12-18-16-8-4-3-7-15(14)16/h3-5,7-8,12,17H,1-2,6,9-11H2. The second kappa shape index (κ2) is 5.40. The quantitative estimate of drug-likeness (QED) is 0.631. The zero-order chi connectivity index (χ0) is 12.2. The van der Waals surface area contributed by atoms with Crippen molar-refractivity contribution in [3.05, 3.63) is 47.7 Å². The topological polar surface area (TPSA) is 25.2 Å². The highest BCUT2D eigenvalue weighted by Crippen LogP contribution is 2.21. The van der Waals surface area contributed by atoms with Crippen LogP contribution in [-0.4, -0.2) is 6.54 Å². The molecular weight excluding hydrogens is 222 g/mol. The Bertz CT molecular complexity index is 553. The number of rotatable bonds is 5. The van der Waals surface area contributed by atoms with Crippen LogP contribution in [0, 0.1) is 0 Å². The third-order valence-corrected chi connectivity index (χ3v) is 3.63. The molecule has 0 amide bonds. The van der Waals surface area contributed by atoms with Gasteiger partial charge in [0.1, 0.15) is 5.58 Å². The SMILES string of the molecule is C1=C(CCNCc2coc3ccccc23)CCC1. The van der Waals surface area contributed by atoms with Gasteiger partial charge in [-0.15, -0.1) is 0 Å².